The van der Waals surface area contributed by atoms with E-state index in [9.17, 15) is 14.7 Å². The first-order valence-electron chi connectivity index (χ1n) is 11.0. The fourth-order valence-electron chi connectivity index (χ4n) is 3.67. The van der Waals surface area contributed by atoms with E-state index in [1.54, 1.807) is 36.7 Å². The summed E-state index contributed by atoms with van der Waals surface area (Å²) in [6.45, 7) is 0.122. The monoisotopic (exact) mass is 634 g/mol. The molecule has 11 N–H and O–H groups in total. The summed E-state index contributed by atoms with van der Waals surface area (Å²) in [6.07, 6.45) is 7.04. The maximum Gasteiger partial charge on any atom is 0.267 e. The van der Waals surface area contributed by atoms with E-state index < -0.39 is 12.0 Å². The summed E-state index contributed by atoms with van der Waals surface area (Å²) >= 11 is 6.57. The van der Waals surface area contributed by atoms with Crippen LogP contribution in [0.3, 0.4) is 0 Å². The standard InChI is InChI=1S/C22H24Br2N10O3/c23-10-4-13(28-6-10)19(36)27-3-1-2-12-18(34-22(26)32-12)17(15-8-31-21(25)33-15)16(35)9-30-20(37)14-5-11(24)7-29-14/h1-2,4-8,16-17,28-29,35H,3,9H2,(H,27,36)(H,30,37)(H3,25,31,33)(H3,26,32,34)/b2-1+. The van der Waals surface area contributed by atoms with Gasteiger partial charge in [-0.2, -0.15) is 0 Å². The Balaban J connectivity index is 1.50. The van der Waals surface area contributed by atoms with Crippen molar-refractivity contribution in [2.24, 2.45) is 0 Å². The van der Waals surface area contributed by atoms with Crippen LogP contribution < -0.4 is 22.1 Å². The molecule has 0 aliphatic rings. The Bertz CT molecular complexity index is 1420. The number of carbonyl (C=O) groups is 2. The number of nitrogen functional groups attached to an aromatic ring is 2. The SMILES string of the molecule is Nc1ncc(C(c2[nH]c(N)nc2/C=C/CNC(=O)c2cc(Br)c[nH]2)C(O)CNC(=O)c2cc(Br)c[nH]2)[nH]1. The number of nitrogens with one attached hydrogen (secondary N) is 6. The van der Waals surface area contributed by atoms with Crippen molar-refractivity contribution >= 4 is 61.6 Å². The van der Waals surface area contributed by atoms with Crippen LogP contribution in [-0.4, -0.2) is 66.0 Å². The Morgan fingerprint density at radius 1 is 1.03 bits per heavy atom. The van der Waals surface area contributed by atoms with Crippen molar-refractivity contribution in [3.8, 4) is 0 Å². The molecule has 0 aliphatic carbocycles. The van der Waals surface area contributed by atoms with Gasteiger partial charge in [-0.25, -0.2) is 9.97 Å². The minimum Gasteiger partial charge on any atom is -0.390 e. The van der Waals surface area contributed by atoms with E-state index in [-0.39, 0.29) is 36.8 Å². The van der Waals surface area contributed by atoms with E-state index in [0.29, 0.717) is 28.5 Å². The first kappa shape index (κ1) is 26.2. The third kappa shape index (κ3) is 6.49. The maximum atomic E-state index is 12.5. The molecule has 0 spiro atoms. The molecule has 0 aromatic carbocycles. The van der Waals surface area contributed by atoms with E-state index in [1.165, 1.54) is 6.20 Å². The number of H-pyrrole nitrogens is 4. The molecule has 0 saturated carbocycles. The lowest BCUT2D eigenvalue weighted by Gasteiger charge is -2.22. The molecule has 37 heavy (non-hydrogen) atoms. The number of aliphatic hydroxyl groups is 1. The van der Waals surface area contributed by atoms with E-state index in [1.807, 2.05) is 0 Å². The van der Waals surface area contributed by atoms with Crippen LogP contribution in [0.15, 0.2) is 45.7 Å². The second-order valence-corrected chi connectivity index (χ2v) is 9.81. The summed E-state index contributed by atoms with van der Waals surface area (Å²) in [5.41, 5.74) is 13.9. The van der Waals surface area contributed by atoms with Crippen LogP contribution in [-0.2, 0) is 0 Å². The third-order valence-corrected chi connectivity index (χ3v) is 6.25. The summed E-state index contributed by atoms with van der Waals surface area (Å²) in [4.78, 5) is 44.6. The molecule has 15 heteroatoms. The highest BCUT2D eigenvalue weighted by molar-refractivity contribution is 9.10. The predicted octanol–water partition coefficient (Wildman–Crippen LogP) is 1.84. The lowest BCUT2D eigenvalue weighted by Crippen LogP contribution is -2.36. The first-order chi connectivity index (χ1) is 17.7. The van der Waals surface area contributed by atoms with Crippen LogP contribution >= 0.6 is 31.9 Å². The molecule has 0 fully saturated rings. The quantitative estimate of drug-likeness (QED) is 0.126. The van der Waals surface area contributed by atoms with Gasteiger partial charge in [0.25, 0.3) is 11.8 Å². The van der Waals surface area contributed by atoms with E-state index in [4.69, 9.17) is 11.5 Å². The van der Waals surface area contributed by atoms with Crippen LogP contribution in [0.5, 0.6) is 0 Å². The number of nitrogens with zero attached hydrogens (tertiary/aromatic N) is 2. The molecule has 4 aromatic heterocycles. The fourth-order valence-corrected chi connectivity index (χ4v) is 4.36. The van der Waals surface area contributed by atoms with E-state index >= 15 is 0 Å². The highest BCUT2D eigenvalue weighted by Gasteiger charge is 2.30. The van der Waals surface area contributed by atoms with Gasteiger partial charge in [-0.3, -0.25) is 9.59 Å². The third-order valence-electron chi connectivity index (χ3n) is 5.34. The van der Waals surface area contributed by atoms with Gasteiger partial charge in [0.15, 0.2) is 11.9 Å². The summed E-state index contributed by atoms with van der Waals surface area (Å²) in [7, 11) is 0. The summed E-state index contributed by atoms with van der Waals surface area (Å²) in [5.74, 6) is -1.11. The van der Waals surface area contributed by atoms with Gasteiger partial charge in [-0.05, 0) is 50.1 Å². The minimum atomic E-state index is -1.11. The van der Waals surface area contributed by atoms with Crippen molar-refractivity contribution in [2.75, 3.05) is 24.6 Å². The number of anilines is 2. The number of aromatic nitrogens is 6. The van der Waals surface area contributed by atoms with Crippen molar-refractivity contribution < 1.29 is 14.7 Å². The van der Waals surface area contributed by atoms with Gasteiger partial charge in [0.2, 0.25) is 0 Å². The second kappa shape index (κ2) is 11.5. The molecule has 0 bridgehead atoms. The van der Waals surface area contributed by atoms with Crippen molar-refractivity contribution in [1.29, 1.82) is 0 Å². The van der Waals surface area contributed by atoms with Crippen molar-refractivity contribution in [3.05, 3.63) is 74.2 Å². The molecule has 2 amide bonds. The van der Waals surface area contributed by atoms with Crippen LogP contribution in [0.25, 0.3) is 6.08 Å². The molecule has 13 nitrogen and oxygen atoms in total. The Morgan fingerprint density at radius 3 is 2.24 bits per heavy atom. The maximum absolute atomic E-state index is 12.5. The molecule has 194 valence electrons. The van der Waals surface area contributed by atoms with Crippen LogP contribution in [0, 0.1) is 0 Å². The van der Waals surface area contributed by atoms with Crippen molar-refractivity contribution in [3.63, 3.8) is 0 Å². The summed E-state index contributed by atoms with van der Waals surface area (Å²) in [5, 5.41) is 16.6. The van der Waals surface area contributed by atoms with Gasteiger partial charge in [0.05, 0.1) is 29.6 Å². The lowest BCUT2D eigenvalue weighted by molar-refractivity contribution is 0.0898. The molecule has 4 heterocycles. The number of aromatic amines is 4. The zero-order valence-corrected chi connectivity index (χ0v) is 22.4. The van der Waals surface area contributed by atoms with E-state index in [0.717, 1.165) is 8.95 Å². The molecule has 2 unspecified atom stereocenters. The number of halogens is 2. The predicted molar refractivity (Wildman–Crippen MR) is 145 cm³/mol. The normalized spacial score (nSPS) is 13.1. The number of hydrogen-bond donors (Lipinski definition) is 9. The first-order valence-corrected chi connectivity index (χ1v) is 12.5. The molecule has 4 aromatic rings. The van der Waals surface area contributed by atoms with Crippen LogP contribution in [0.2, 0.25) is 0 Å². The molecular weight excluding hydrogens is 612 g/mol. The van der Waals surface area contributed by atoms with Gasteiger partial charge in [-0.15, -0.1) is 0 Å². The average molecular weight is 636 g/mol. The number of imidazole rings is 2. The highest BCUT2D eigenvalue weighted by atomic mass is 79.9. The molecule has 2 atom stereocenters. The van der Waals surface area contributed by atoms with Gasteiger partial charge >= 0.3 is 0 Å². The number of hydrogen-bond acceptors (Lipinski definition) is 7. The molecular formula is C22H24Br2N10O3. The Kier molecular flexibility index (Phi) is 8.15. The summed E-state index contributed by atoms with van der Waals surface area (Å²) in [6, 6.07) is 3.29. The van der Waals surface area contributed by atoms with Crippen molar-refractivity contribution in [2.45, 2.75) is 12.0 Å². The number of aliphatic hydroxyl groups excluding tert-OH is 1. The Labute approximate surface area is 227 Å². The number of nitrogens with two attached hydrogens (primary N) is 2. The van der Waals surface area contributed by atoms with Gasteiger partial charge in [0, 0.05) is 40.1 Å². The average Bonchev–Trinajstić information content (AvgIpc) is 3.65. The largest absolute Gasteiger partial charge is 0.390 e. The topological polar surface area (TPSA) is 219 Å². The van der Waals surface area contributed by atoms with Crippen molar-refractivity contribution in [1.82, 2.24) is 40.5 Å². The minimum absolute atomic E-state index is 0.0943. The molecule has 0 aliphatic heterocycles. The molecule has 0 radical (unpaired) electrons. The second-order valence-electron chi connectivity index (χ2n) is 7.98. The fraction of sp³-hybridized carbons (Fsp3) is 0.182. The molecule has 4 rings (SSSR count). The van der Waals surface area contributed by atoms with Gasteiger partial charge in [-0.1, -0.05) is 6.08 Å². The van der Waals surface area contributed by atoms with Gasteiger partial charge in [0.1, 0.15) is 11.4 Å². The number of carbonyl (C=O) groups excluding carboxylic acids is 2. The number of amides is 2. The number of rotatable bonds is 10. The van der Waals surface area contributed by atoms with Gasteiger partial charge < -0.3 is 47.1 Å². The van der Waals surface area contributed by atoms with Crippen LogP contribution in [0.4, 0.5) is 11.9 Å². The van der Waals surface area contributed by atoms with Crippen LogP contribution in [0.1, 0.15) is 44.0 Å². The van der Waals surface area contributed by atoms with E-state index in [2.05, 4.69) is 72.4 Å². The Hall–Kier alpha value is -3.82. The highest BCUT2D eigenvalue weighted by Crippen LogP contribution is 2.30. The Morgan fingerprint density at radius 2 is 1.68 bits per heavy atom. The lowest BCUT2D eigenvalue weighted by atomic mass is 9.93. The molecule has 0 saturated heterocycles. The summed E-state index contributed by atoms with van der Waals surface area (Å²) < 4.78 is 1.50. The smallest absolute Gasteiger partial charge is 0.267 e. The zero-order valence-electron chi connectivity index (χ0n) is 19.2. The zero-order chi connectivity index (χ0) is 26.5.